The predicted octanol–water partition coefficient (Wildman–Crippen LogP) is 1.29. The summed E-state index contributed by atoms with van der Waals surface area (Å²) in [7, 11) is 0. The van der Waals surface area contributed by atoms with Crippen molar-refractivity contribution in [2.75, 3.05) is 13.1 Å². The van der Waals surface area contributed by atoms with Gasteiger partial charge in [-0.2, -0.15) is 0 Å². The van der Waals surface area contributed by atoms with Gasteiger partial charge in [0.2, 0.25) is 5.91 Å². The van der Waals surface area contributed by atoms with Crippen LogP contribution < -0.4 is 5.11 Å². The van der Waals surface area contributed by atoms with Gasteiger partial charge >= 0.3 is 0 Å². The van der Waals surface area contributed by atoms with Crippen molar-refractivity contribution < 1.29 is 19.5 Å². The molecule has 1 heterocycles. The van der Waals surface area contributed by atoms with Crippen LogP contribution in [0.4, 0.5) is 0 Å². The number of carboxylic acids is 1. The molecule has 22 heavy (non-hydrogen) atoms. The summed E-state index contributed by atoms with van der Waals surface area (Å²) in [6.07, 6.45) is 0.861. The molecular weight excluding hydrogens is 306 g/mol. The number of carboxylic acid groups (broad SMARTS) is 1. The second-order valence-corrected chi connectivity index (χ2v) is 5.84. The van der Waals surface area contributed by atoms with Crippen molar-refractivity contribution in [1.82, 2.24) is 4.90 Å². The van der Waals surface area contributed by atoms with E-state index in [2.05, 4.69) is 0 Å². The van der Waals surface area contributed by atoms with E-state index in [-0.39, 0.29) is 30.4 Å². The Morgan fingerprint density at radius 3 is 2.45 bits per heavy atom. The number of Topliss-reactive ketones (excluding diaryl/α,β-unsaturated/α-hetero) is 1. The molecule has 0 aliphatic carbocycles. The summed E-state index contributed by atoms with van der Waals surface area (Å²) in [6.45, 7) is 0.950. The Hall–Kier alpha value is -1.88. The van der Waals surface area contributed by atoms with Gasteiger partial charge in [0.1, 0.15) is 0 Å². The van der Waals surface area contributed by atoms with E-state index in [0.717, 1.165) is 0 Å². The SMILES string of the molecule is O=C([O-])CCC(=O)N1CCC(C(=O)c2cccc(Cl)c2)CC1. The molecule has 1 fully saturated rings. The number of ketones is 1. The first-order chi connectivity index (χ1) is 10.5. The predicted molar refractivity (Wildman–Crippen MR) is 79.3 cm³/mol. The number of aliphatic carboxylic acids is 1. The third-order valence-electron chi connectivity index (χ3n) is 3.87. The van der Waals surface area contributed by atoms with Crippen molar-refractivity contribution in [3.05, 3.63) is 34.9 Å². The minimum atomic E-state index is -1.22. The number of nitrogens with zero attached hydrogens (tertiary/aromatic N) is 1. The quantitative estimate of drug-likeness (QED) is 0.765. The minimum Gasteiger partial charge on any atom is -0.550 e. The summed E-state index contributed by atoms with van der Waals surface area (Å²) in [6, 6.07) is 6.86. The molecule has 0 spiro atoms. The van der Waals surface area contributed by atoms with E-state index < -0.39 is 5.97 Å². The van der Waals surface area contributed by atoms with Gasteiger partial charge in [-0.3, -0.25) is 9.59 Å². The number of likely N-dealkylation sites (tertiary alicyclic amines) is 1. The van der Waals surface area contributed by atoms with Crippen LogP contribution in [0.15, 0.2) is 24.3 Å². The summed E-state index contributed by atoms with van der Waals surface area (Å²) in [4.78, 5) is 36.2. The monoisotopic (exact) mass is 322 g/mol. The molecule has 0 bridgehead atoms. The minimum absolute atomic E-state index is 0.0457. The molecule has 1 aromatic carbocycles. The van der Waals surface area contributed by atoms with Gasteiger partial charge in [0.05, 0.1) is 0 Å². The fourth-order valence-electron chi connectivity index (χ4n) is 2.64. The first-order valence-corrected chi connectivity index (χ1v) is 7.62. The molecule has 0 N–H and O–H groups in total. The van der Waals surface area contributed by atoms with E-state index in [1.54, 1.807) is 29.2 Å². The van der Waals surface area contributed by atoms with Crippen molar-refractivity contribution in [2.24, 2.45) is 5.92 Å². The van der Waals surface area contributed by atoms with Crippen LogP contribution in [-0.4, -0.2) is 35.6 Å². The lowest BCUT2D eigenvalue weighted by Gasteiger charge is -2.31. The Morgan fingerprint density at radius 1 is 1.18 bits per heavy atom. The summed E-state index contributed by atoms with van der Waals surface area (Å²) in [5, 5.41) is 10.9. The highest BCUT2D eigenvalue weighted by molar-refractivity contribution is 6.31. The molecule has 2 rings (SSSR count). The van der Waals surface area contributed by atoms with Crippen LogP contribution in [0.5, 0.6) is 0 Å². The third kappa shape index (κ3) is 4.31. The van der Waals surface area contributed by atoms with E-state index in [1.807, 2.05) is 0 Å². The molecule has 5 nitrogen and oxygen atoms in total. The smallest absolute Gasteiger partial charge is 0.222 e. The normalized spacial score (nSPS) is 15.6. The van der Waals surface area contributed by atoms with Crippen molar-refractivity contribution in [2.45, 2.75) is 25.7 Å². The third-order valence-corrected chi connectivity index (χ3v) is 4.11. The van der Waals surface area contributed by atoms with Crippen molar-refractivity contribution in [3.8, 4) is 0 Å². The lowest BCUT2D eigenvalue weighted by atomic mass is 9.89. The number of amides is 1. The van der Waals surface area contributed by atoms with Gasteiger partial charge in [-0.1, -0.05) is 23.7 Å². The standard InChI is InChI=1S/C16H18ClNO4/c17-13-3-1-2-12(10-13)16(22)11-6-8-18(9-7-11)14(19)4-5-15(20)21/h1-3,10-11H,4-9H2,(H,20,21)/p-1. The second kappa shape index (κ2) is 7.40. The molecule has 1 aliphatic rings. The second-order valence-electron chi connectivity index (χ2n) is 5.40. The number of halogens is 1. The first-order valence-electron chi connectivity index (χ1n) is 7.25. The number of piperidine rings is 1. The van der Waals surface area contributed by atoms with Crippen molar-refractivity contribution in [3.63, 3.8) is 0 Å². The highest BCUT2D eigenvalue weighted by atomic mass is 35.5. The molecule has 1 saturated heterocycles. The van der Waals surface area contributed by atoms with Gasteiger partial charge in [-0.25, -0.2) is 0 Å². The molecule has 0 aromatic heterocycles. The van der Waals surface area contributed by atoms with Crippen LogP contribution in [0.25, 0.3) is 0 Å². The Bertz CT molecular complexity index is 579. The molecule has 118 valence electrons. The number of carbonyl (C=O) groups is 3. The van der Waals surface area contributed by atoms with Gasteiger partial charge < -0.3 is 14.8 Å². The maximum absolute atomic E-state index is 12.4. The van der Waals surface area contributed by atoms with E-state index >= 15 is 0 Å². The Balaban J connectivity index is 1.88. The fourth-order valence-corrected chi connectivity index (χ4v) is 2.83. The molecule has 0 unspecified atom stereocenters. The maximum Gasteiger partial charge on any atom is 0.222 e. The van der Waals surface area contributed by atoms with Crippen LogP contribution in [0.1, 0.15) is 36.0 Å². The van der Waals surface area contributed by atoms with Gasteiger partial charge in [-0.05, 0) is 31.4 Å². The zero-order chi connectivity index (χ0) is 16.1. The van der Waals surface area contributed by atoms with Gasteiger partial charge in [0, 0.05) is 42.0 Å². The molecule has 0 radical (unpaired) electrons. The molecular formula is C16H17ClNO4-. The first kappa shape index (κ1) is 16.5. The molecule has 1 amide bonds. The zero-order valence-electron chi connectivity index (χ0n) is 12.1. The summed E-state index contributed by atoms with van der Waals surface area (Å²) in [5.41, 5.74) is 0.592. The lowest BCUT2D eigenvalue weighted by molar-refractivity contribution is -0.305. The van der Waals surface area contributed by atoms with Crippen LogP contribution >= 0.6 is 11.6 Å². The largest absolute Gasteiger partial charge is 0.550 e. The Morgan fingerprint density at radius 2 is 1.86 bits per heavy atom. The van der Waals surface area contributed by atoms with Crippen LogP contribution in [0.3, 0.4) is 0 Å². The molecule has 0 saturated carbocycles. The maximum atomic E-state index is 12.4. The van der Waals surface area contributed by atoms with Crippen LogP contribution in [0, 0.1) is 5.92 Å². The van der Waals surface area contributed by atoms with Crippen LogP contribution in [0.2, 0.25) is 5.02 Å². The number of hydrogen-bond acceptors (Lipinski definition) is 4. The number of carbonyl (C=O) groups excluding carboxylic acids is 3. The fraction of sp³-hybridized carbons (Fsp3) is 0.438. The van der Waals surface area contributed by atoms with Gasteiger partial charge in [0.25, 0.3) is 0 Å². The number of hydrogen-bond donors (Lipinski definition) is 0. The molecule has 0 atom stereocenters. The van der Waals surface area contributed by atoms with E-state index in [1.165, 1.54) is 0 Å². The number of rotatable bonds is 5. The zero-order valence-corrected chi connectivity index (χ0v) is 12.8. The Kier molecular flexibility index (Phi) is 5.55. The van der Waals surface area contributed by atoms with Crippen molar-refractivity contribution in [1.29, 1.82) is 0 Å². The number of benzene rings is 1. The van der Waals surface area contributed by atoms with Crippen molar-refractivity contribution >= 4 is 29.3 Å². The van der Waals surface area contributed by atoms with E-state index in [0.29, 0.717) is 36.5 Å². The van der Waals surface area contributed by atoms with Gasteiger partial charge in [0.15, 0.2) is 5.78 Å². The lowest BCUT2D eigenvalue weighted by Crippen LogP contribution is -2.40. The van der Waals surface area contributed by atoms with Crippen LogP contribution in [-0.2, 0) is 9.59 Å². The average Bonchev–Trinajstić information content (AvgIpc) is 2.52. The summed E-state index contributed by atoms with van der Waals surface area (Å²) in [5.74, 6) is -1.50. The average molecular weight is 323 g/mol. The van der Waals surface area contributed by atoms with E-state index in [4.69, 9.17) is 11.6 Å². The molecule has 6 heteroatoms. The molecule has 1 aliphatic heterocycles. The summed E-state index contributed by atoms with van der Waals surface area (Å²) < 4.78 is 0. The highest BCUT2D eigenvalue weighted by Crippen LogP contribution is 2.23. The van der Waals surface area contributed by atoms with Gasteiger partial charge in [-0.15, -0.1) is 0 Å². The summed E-state index contributed by atoms with van der Waals surface area (Å²) >= 11 is 5.89. The van der Waals surface area contributed by atoms with E-state index in [9.17, 15) is 19.5 Å². The molecule has 1 aromatic rings. The highest BCUT2D eigenvalue weighted by Gasteiger charge is 2.27. The topological polar surface area (TPSA) is 77.5 Å². The Labute approximate surface area is 133 Å².